The minimum Gasteiger partial charge on any atom is -0.285 e. The molecular weight excluding hydrogens is 255 g/mol. The molecule has 1 atom stereocenters. The highest BCUT2D eigenvalue weighted by Gasteiger charge is 2.35. The first kappa shape index (κ1) is 13.9. The zero-order valence-corrected chi connectivity index (χ0v) is 11.5. The maximum atomic E-state index is 11.6. The maximum Gasteiger partial charge on any atom is 0.498 e. The van der Waals surface area contributed by atoms with Gasteiger partial charge in [-0.2, -0.15) is 0 Å². The molecular formula is C8H17O4PS2. The second-order valence-corrected chi connectivity index (χ2v) is 6.88. The molecule has 7 heteroatoms. The van der Waals surface area contributed by atoms with Crippen molar-refractivity contribution in [1.29, 1.82) is 0 Å². The smallest absolute Gasteiger partial charge is 0.285 e. The fraction of sp³-hybridized carbons (Fsp3) is 1.00. The van der Waals surface area contributed by atoms with Crippen molar-refractivity contribution in [2.45, 2.75) is 39.5 Å². The summed E-state index contributed by atoms with van der Waals surface area (Å²) >= 11 is 1.93. The largest absolute Gasteiger partial charge is 0.498 e. The van der Waals surface area contributed by atoms with Crippen molar-refractivity contribution in [1.82, 2.24) is 0 Å². The van der Waals surface area contributed by atoms with E-state index in [0.717, 1.165) is 35.0 Å². The quantitative estimate of drug-likeness (QED) is 0.384. The summed E-state index contributed by atoms with van der Waals surface area (Å²) in [6.07, 6.45) is 4.48. The van der Waals surface area contributed by atoms with Gasteiger partial charge in [-0.25, -0.2) is 12.5 Å². The summed E-state index contributed by atoms with van der Waals surface area (Å²) in [5.41, 5.74) is 0. The summed E-state index contributed by atoms with van der Waals surface area (Å²) in [5, 5.41) is 0. The van der Waals surface area contributed by atoms with Crippen LogP contribution >= 0.6 is 30.0 Å². The van der Waals surface area contributed by atoms with Crippen LogP contribution in [-0.4, -0.2) is 6.61 Å². The topological polar surface area (TPSA) is 44.8 Å². The fourth-order valence-corrected chi connectivity index (χ4v) is 4.89. The monoisotopic (exact) mass is 272 g/mol. The number of hydrogen-bond acceptors (Lipinski definition) is 6. The molecule has 0 aromatic carbocycles. The second kappa shape index (κ2) is 7.20. The van der Waals surface area contributed by atoms with Gasteiger partial charge in [0.1, 0.15) is 22.1 Å². The van der Waals surface area contributed by atoms with Crippen molar-refractivity contribution in [3.05, 3.63) is 0 Å². The molecule has 0 aromatic heterocycles. The lowest BCUT2D eigenvalue weighted by molar-refractivity contribution is 0.185. The third-order valence-electron chi connectivity index (χ3n) is 2.28. The molecule has 0 amide bonds. The second-order valence-electron chi connectivity index (χ2n) is 3.44. The lowest BCUT2D eigenvalue weighted by atomic mass is 10.0. The summed E-state index contributed by atoms with van der Waals surface area (Å²) in [6, 6.07) is 0. The van der Waals surface area contributed by atoms with E-state index < -0.39 is 7.82 Å². The van der Waals surface area contributed by atoms with E-state index in [1.54, 1.807) is 0 Å². The van der Waals surface area contributed by atoms with Crippen LogP contribution in [0.1, 0.15) is 39.5 Å². The number of hydrogen-bond donors (Lipinski definition) is 0. The van der Waals surface area contributed by atoms with E-state index in [2.05, 4.69) is 13.8 Å². The first-order chi connectivity index (χ1) is 7.20. The standard InChI is InChI=1S/C8H17O4PS2/c1-3-5-6-8(4-2)7-10-13(9)11-14-15-12-13/h8H,3-7H2,1-2H3. The van der Waals surface area contributed by atoms with Gasteiger partial charge in [-0.1, -0.05) is 33.1 Å². The van der Waals surface area contributed by atoms with Gasteiger partial charge < -0.3 is 0 Å². The lowest BCUT2D eigenvalue weighted by Gasteiger charge is -2.15. The Hall–Kier alpha value is 0.810. The molecule has 1 aliphatic heterocycles. The molecule has 15 heavy (non-hydrogen) atoms. The highest BCUT2D eigenvalue weighted by molar-refractivity contribution is 8.75. The molecule has 0 spiro atoms. The van der Waals surface area contributed by atoms with Crippen LogP contribution in [0, 0.1) is 5.92 Å². The molecule has 0 N–H and O–H groups in total. The number of phosphoric acid groups is 1. The van der Waals surface area contributed by atoms with Crippen LogP contribution < -0.4 is 0 Å². The van der Waals surface area contributed by atoms with E-state index in [-0.39, 0.29) is 0 Å². The molecule has 90 valence electrons. The average Bonchev–Trinajstić information content (AvgIpc) is 2.66. The van der Waals surface area contributed by atoms with Crippen LogP contribution in [0.4, 0.5) is 0 Å². The normalized spacial score (nSPS) is 21.7. The Bertz CT molecular complexity index is 217. The van der Waals surface area contributed by atoms with Crippen molar-refractivity contribution in [2.24, 2.45) is 5.92 Å². The van der Waals surface area contributed by atoms with Crippen molar-refractivity contribution in [3.8, 4) is 0 Å². The van der Waals surface area contributed by atoms with Gasteiger partial charge in [-0.3, -0.25) is 4.52 Å². The zero-order valence-electron chi connectivity index (χ0n) is 9.01. The van der Waals surface area contributed by atoms with Gasteiger partial charge in [0.25, 0.3) is 0 Å². The summed E-state index contributed by atoms with van der Waals surface area (Å²) in [7, 11) is -3.24. The van der Waals surface area contributed by atoms with E-state index in [1.807, 2.05) is 0 Å². The fourth-order valence-electron chi connectivity index (χ4n) is 1.25. The van der Waals surface area contributed by atoms with Crippen LogP contribution in [-0.2, 0) is 17.0 Å². The highest BCUT2D eigenvalue weighted by Crippen LogP contribution is 2.65. The van der Waals surface area contributed by atoms with Gasteiger partial charge in [0, 0.05) is 0 Å². The predicted octanol–water partition coefficient (Wildman–Crippen LogP) is 4.59. The highest BCUT2D eigenvalue weighted by atomic mass is 33.1. The summed E-state index contributed by atoms with van der Waals surface area (Å²) in [4.78, 5) is 0. The minimum absolute atomic E-state index is 0.443. The Morgan fingerprint density at radius 1 is 1.33 bits per heavy atom. The van der Waals surface area contributed by atoms with Crippen LogP contribution in [0.5, 0.6) is 0 Å². The van der Waals surface area contributed by atoms with Gasteiger partial charge in [0.15, 0.2) is 0 Å². The third-order valence-corrected chi connectivity index (χ3v) is 6.01. The molecule has 0 aromatic rings. The first-order valence-electron chi connectivity index (χ1n) is 5.16. The maximum absolute atomic E-state index is 11.6. The molecule has 1 aliphatic rings. The average molecular weight is 272 g/mol. The van der Waals surface area contributed by atoms with Crippen LogP contribution in [0.3, 0.4) is 0 Å². The molecule has 1 saturated heterocycles. The Labute approximate surface area is 99.2 Å². The molecule has 1 unspecified atom stereocenters. The van der Waals surface area contributed by atoms with Crippen LogP contribution in [0.15, 0.2) is 0 Å². The van der Waals surface area contributed by atoms with E-state index in [1.165, 1.54) is 12.8 Å². The molecule has 1 heterocycles. The Balaban J connectivity index is 2.23. The van der Waals surface area contributed by atoms with Gasteiger partial charge >= 0.3 is 7.82 Å². The molecule has 0 saturated carbocycles. The van der Waals surface area contributed by atoms with E-state index in [9.17, 15) is 4.57 Å². The molecule has 4 nitrogen and oxygen atoms in total. The predicted molar refractivity (Wildman–Crippen MR) is 64.2 cm³/mol. The molecule has 0 bridgehead atoms. The third kappa shape index (κ3) is 5.11. The van der Waals surface area contributed by atoms with E-state index >= 15 is 0 Å². The van der Waals surface area contributed by atoms with Crippen molar-refractivity contribution < 1.29 is 17.0 Å². The molecule has 1 fully saturated rings. The van der Waals surface area contributed by atoms with Crippen LogP contribution in [0.2, 0.25) is 0 Å². The van der Waals surface area contributed by atoms with E-state index in [4.69, 9.17) is 12.5 Å². The molecule has 1 rings (SSSR count). The van der Waals surface area contributed by atoms with Crippen molar-refractivity contribution in [3.63, 3.8) is 0 Å². The Morgan fingerprint density at radius 3 is 2.53 bits per heavy atom. The van der Waals surface area contributed by atoms with Gasteiger partial charge in [0.2, 0.25) is 0 Å². The SMILES string of the molecule is CCCCC(CC)COP1(=O)OSSO1. The summed E-state index contributed by atoms with van der Waals surface area (Å²) in [6.45, 7) is 4.72. The number of rotatable bonds is 7. The van der Waals surface area contributed by atoms with Gasteiger partial charge in [0.05, 0.1) is 6.61 Å². The Morgan fingerprint density at radius 2 is 2.00 bits per heavy atom. The minimum atomic E-state index is -3.24. The van der Waals surface area contributed by atoms with Crippen molar-refractivity contribution in [2.75, 3.05) is 6.61 Å². The first-order valence-corrected chi connectivity index (χ1v) is 8.62. The summed E-state index contributed by atoms with van der Waals surface area (Å²) in [5.74, 6) is 0.443. The zero-order chi connectivity index (χ0) is 11.1. The molecule has 0 aliphatic carbocycles. The van der Waals surface area contributed by atoms with Crippen LogP contribution in [0.25, 0.3) is 0 Å². The van der Waals surface area contributed by atoms with Gasteiger partial charge in [-0.15, -0.1) is 0 Å². The van der Waals surface area contributed by atoms with E-state index in [0.29, 0.717) is 12.5 Å². The summed E-state index contributed by atoms with van der Waals surface area (Å²) < 4.78 is 26.5. The molecule has 0 radical (unpaired) electrons. The van der Waals surface area contributed by atoms with Crippen molar-refractivity contribution >= 4 is 30.0 Å². The number of unbranched alkanes of at least 4 members (excludes halogenated alkanes) is 1. The lowest BCUT2D eigenvalue weighted by Crippen LogP contribution is -2.07. The Kier molecular flexibility index (Phi) is 6.66. The van der Waals surface area contributed by atoms with Gasteiger partial charge in [-0.05, 0) is 12.3 Å².